The Morgan fingerprint density at radius 2 is 2.00 bits per heavy atom. The van der Waals surface area contributed by atoms with Gasteiger partial charge >= 0.3 is 11.9 Å². The number of carboxylic acids is 1. The summed E-state index contributed by atoms with van der Waals surface area (Å²) >= 11 is 1.31. The van der Waals surface area contributed by atoms with Crippen LogP contribution in [0.1, 0.15) is 12.5 Å². The number of nitrogens with one attached hydrogen (secondary N) is 1. The summed E-state index contributed by atoms with van der Waals surface area (Å²) in [6.45, 7) is 1.03. The van der Waals surface area contributed by atoms with Crippen molar-refractivity contribution in [2.24, 2.45) is 0 Å². The third-order valence-electron chi connectivity index (χ3n) is 4.54. The third-order valence-corrected chi connectivity index (χ3v) is 5.88. The molecule has 9 nitrogen and oxygen atoms in total. The molecule has 1 fully saturated rings. The number of amides is 2. The molecule has 2 N–H and O–H groups in total. The zero-order valence-corrected chi connectivity index (χ0v) is 17.1. The molecule has 0 unspecified atom stereocenters. The van der Waals surface area contributed by atoms with E-state index < -0.39 is 35.2 Å². The Labute approximate surface area is 176 Å². The Kier molecular flexibility index (Phi) is 6.46. The molecule has 0 radical (unpaired) electrons. The summed E-state index contributed by atoms with van der Waals surface area (Å²) in [5, 5.41) is 11.6. The molecule has 158 valence electrons. The summed E-state index contributed by atoms with van der Waals surface area (Å²) in [5.41, 5.74) is 0.937. The van der Waals surface area contributed by atoms with E-state index in [0.717, 1.165) is 10.5 Å². The number of esters is 1. The highest BCUT2D eigenvalue weighted by Crippen LogP contribution is 2.40. The van der Waals surface area contributed by atoms with Gasteiger partial charge in [0.2, 0.25) is 5.91 Å². The maximum Gasteiger partial charge on any atom is 0.352 e. The van der Waals surface area contributed by atoms with Crippen LogP contribution >= 0.6 is 11.8 Å². The van der Waals surface area contributed by atoms with Crippen molar-refractivity contribution in [3.8, 4) is 5.75 Å². The van der Waals surface area contributed by atoms with Crippen molar-refractivity contribution in [1.29, 1.82) is 0 Å². The Bertz CT molecular complexity index is 939. The molecule has 1 aromatic carbocycles. The first-order valence-corrected chi connectivity index (χ1v) is 10.0. The molecule has 2 heterocycles. The van der Waals surface area contributed by atoms with Crippen LogP contribution in [-0.4, -0.2) is 64.6 Å². The van der Waals surface area contributed by atoms with Gasteiger partial charge < -0.3 is 19.9 Å². The molecule has 0 aromatic heterocycles. The van der Waals surface area contributed by atoms with Gasteiger partial charge in [0.1, 0.15) is 29.5 Å². The summed E-state index contributed by atoms with van der Waals surface area (Å²) in [7, 11) is 1.56. The van der Waals surface area contributed by atoms with Crippen molar-refractivity contribution in [1.82, 2.24) is 10.2 Å². The van der Waals surface area contributed by atoms with E-state index in [1.54, 1.807) is 37.5 Å². The fourth-order valence-electron chi connectivity index (χ4n) is 3.07. The van der Waals surface area contributed by atoms with Gasteiger partial charge in [-0.1, -0.05) is 12.1 Å². The quantitative estimate of drug-likeness (QED) is 0.372. The van der Waals surface area contributed by atoms with Gasteiger partial charge in [0.15, 0.2) is 0 Å². The molecule has 0 bridgehead atoms. The van der Waals surface area contributed by atoms with E-state index in [-0.39, 0.29) is 18.1 Å². The van der Waals surface area contributed by atoms with Crippen LogP contribution in [0, 0.1) is 0 Å². The zero-order valence-electron chi connectivity index (χ0n) is 16.3. The van der Waals surface area contributed by atoms with Gasteiger partial charge in [0, 0.05) is 24.3 Å². The lowest BCUT2D eigenvalue weighted by molar-refractivity contribution is -0.150. The van der Waals surface area contributed by atoms with E-state index in [1.165, 1.54) is 24.8 Å². The molecule has 2 aliphatic heterocycles. The first kappa shape index (κ1) is 21.4. The summed E-state index contributed by atoms with van der Waals surface area (Å²) in [6.07, 6.45) is 2.91. The Balaban J connectivity index is 1.65. The van der Waals surface area contributed by atoms with E-state index in [9.17, 15) is 24.3 Å². The standard InChI is InChI=1S/C20H20N2O7S/c1-11(23)29-9-13-10-30-19-16(18(25)22(19)17(13)20(26)27)21-15(24)8-5-12-3-6-14(28-2)7-4-12/h3-8,16,19H,9-10H2,1-2H3,(H,21,24)(H,26,27)/b8-5+/t16-,19-/m1/s1. The number of hydrogen-bond acceptors (Lipinski definition) is 7. The SMILES string of the molecule is COc1ccc(/C=C/C(=O)N[C@@H]2C(=O)N3C(C(=O)O)=C(COC(C)=O)CS[C@H]23)cc1. The predicted molar refractivity (Wildman–Crippen MR) is 108 cm³/mol. The van der Waals surface area contributed by atoms with E-state index in [2.05, 4.69) is 5.32 Å². The second-order valence-corrected chi connectivity index (χ2v) is 7.65. The van der Waals surface area contributed by atoms with Gasteiger partial charge in [0.05, 0.1) is 7.11 Å². The van der Waals surface area contributed by atoms with Gasteiger partial charge in [-0.15, -0.1) is 11.8 Å². The van der Waals surface area contributed by atoms with Gasteiger partial charge in [-0.25, -0.2) is 4.79 Å². The normalized spacial score (nSPS) is 20.5. The molecule has 1 aromatic rings. The van der Waals surface area contributed by atoms with Crippen molar-refractivity contribution < 1.29 is 33.8 Å². The van der Waals surface area contributed by atoms with Crippen molar-refractivity contribution in [2.45, 2.75) is 18.3 Å². The second kappa shape index (κ2) is 9.04. The molecular weight excluding hydrogens is 412 g/mol. The van der Waals surface area contributed by atoms with Crippen molar-refractivity contribution in [3.63, 3.8) is 0 Å². The van der Waals surface area contributed by atoms with Crippen molar-refractivity contribution >= 4 is 41.6 Å². The molecule has 0 saturated carbocycles. The lowest BCUT2D eigenvalue weighted by Crippen LogP contribution is -2.70. The largest absolute Gasteiger partial charge is 0.497 e. The van der Waals surface area contributed by atoms with Crippen LogP contribution in [0.3, 0.4) is 0 Å². The summed E-state index contributed by atoms with van der Waals surface area (Å²) in [6, 6.07) is 6.26. The van der Waals surface area contributed by atoms with Crippen LogP contribution in [0.15, 0.2) is 41.6 Å². The van der Waals surface area contributed by atoms with Crippen LogP contribution in [0.2, 0.25) is 0 Å². The summed E-state index contributed by atoms with van der Waals surface area (Å²) < 4.78 is 9.96. The molecule has 10 heteroatoms. The molecular formula is C20H20N2O7S. The van der Waals surface area contributed by atoms with Gasteiger partial charge in [-0.2, -0.15) is 0 Å². The van der Waals surface area contributed by atoms with Crippen molar-refractivity contribution in [3.05, 3.63) is 47.2 Å². The molecule has 1 saturated heterocycles. The zero-order chi connectivity index (χ0) is 21.8. The molecule has 3 rings (SSSR count). The highest BCUT2D eigenvalue weighted by molar-refractivity contribution is 8.00. The van der Waals surface area contributed by atoms with Gasteiger partial charge in [0.25, 0.3) is 5.91 Å². The number of fused-ring (bicyclic) bond motifs is 1. The van der Waals surface area contributed by atoms with Crippen molar-refractivity contribution in [2.75, 3.05) is 19.5 Å². The fourth-order valence-corrected chi connectivity index (χ4v) is 4.40. The van der Waals surface area contributed by atoms with Crippen LogP contribution in [0.25, 0.3) is 6.08 Å². The van der Waals surface area contributed by atoms with Crippen LogP contribution in [0.4, 0.5) is 0 Å². The number of methoxy groups -OCH3 is 1. The molecule has 0 aliphatic carbocycles. The Hall–Kier alpha value is -3.27. The highest BCUT2D eigenvalue weighted by Gasteiger charge is 2.54. The number of rotatable bonds is 7. The monoisotopic (exact) mass is 432 g/mol. The number of ether oxygens (including phenoxy) is 2. The maximum atomic E-state index is 12.5. The molecule has 2 amide bonds. The average Bonchev–Trinajstić information content (AvgIpc) is 2.73. The number of carboxylic acid groups (broad SMARTS) is 1. The van der Waals surface area contributed by atoms with Crippen LogP contribution < -0.4 is 10.1 Å². The fraction of sp³-hybridized carbons (Fsp3) is 0.300. The number of carbonyl (C=O) groups excluding carboxylic acids is 3. The third kappa shape index (κ3) is 4.48. The predicted octanol–water partition coefficient (Wildman–Crippen LogP) is 1.01. The van der Waals surface area contributed by atoms with Gasteiger partial charge in [-0.3, -0.25) is 19.3 Å². The molecule has 0 spiro atoms. The molecule has 2 atom stereocenters. The topological polar surface area (TPSA) is 122 Å². The number of benzene rings is 1. The number of hydrogen-bond donors (Lipinski definition) is 2. The number of nitrogens with zero attached hydrogens (tertiary/aromatic N) is 1. The number of carbonyl (C=O) groups is 4. The minimum absolute atomic E-state index is 0.190. The molecule has 2 aliphatic rings. The first-order valence-electron chi connectivity index (χ1n) is 8.97. The minimum atomic E-state index is -1.28. The summed E-state index contributed by atoms with van der Waals surface area (Å²) in [4.78, 5) is 48.6. The number of thioether (sulfide) groups is 1. The Morgan fingerprint density at radius 1 is 1.30 bits per heavy atom. The highest BCUT2D eigenvalue weighted by atomic mass is 32.2. The van der Waals surface area contributed by atoms with E-state index >= 15 is 0 Å². The van der Waals surface area contributed by atoms with Crippen LogP contribution in [-0.2, 0) is 23.9 Å². The first-order chi connectivity index (χ1) is 14.3. The number of β-lactam (4-membered cyclic amide) rings is 1. The second-order valence-electron chi connectivity index (χ2n) is 6.54. The number of aliphatic carboxylic acids is 1. The van der Waals surface area contributed by atoms with E-state index in [4.69, 9.17) is 9.47 Å². The molecule has 30 heavy (non-hydrogen) atoms. The summed E-state index contributed by atoms with van der Waals surface area (Å²) in [5.74, 6) is -1.83. The minimum Gasteiger partial charge on any atom is -0.497 e. The Morgan fingerprint density at radius 3 is 2.60 bits per heavy atom. The lowest BCUT2D eigenvalue weighted by atomic mass is 10.0. The average molecular weight is 432 g/mol. The van der Waals surface area contributed by atoms with E-state index in [0.29, 0.717) is 11.3 Å². The van der Waals surface area contributed by atoms with Gasteiger partial charge in [-0.05, 0) is 23.8 Å². The maximum absolute atomic E-state index is 12.5. The smallest absolute Gasteiger partial charge is 0.352 e. The van der Waals surface area contributed by atoms with E-state index in [1.807, 2.05) is 0 Å². The van der Waals surface area contributed by atoms with Crippen LogP contribution in [0.5, 0.6) is 5.75 Å². The lowest BCUT2D eigenvalue weighted by Gasteiger charge is -2.49.